The molecule has 0 aliphatic carbocycles. The number of nitrogens with one attached hydrogen (secondary N) is 1. The second-order valence-electron chi connectivity index (χ2n) is 5.35. The minimum absolute atomic E-state index is 0.797. The second-order valence-corrected chi connectivity index (χ2v) is 5.35. The molecule has 0 unspecified atom stereocenters. The van der Waals surface area contributed by atoms with E-state index in [0.29, 0.717) is 0 Å². The molecular weight excluding hydrogens is 236 g/mol. The SMILES string of the molecule is CCCc1cc(N(CC)CC2CCNCC2)ncn1. The van der Waals surface area contributed by atoms with Crippen molar-refractivity contribution < 1.29 is 0 Å². The summed E-state index contributed by atoms with van der Waals surface area (Å²) in [6.07, 6.45) is 6.45. The van der Waals surface area contributed by atoms with E-state index in [4.69, 9.17) is 0 Å². The minimum atomic E-state index is 0.797. The van der Waals surface area contributed by atoms with Crippen molar-refractivity contribution in [1.29, 1.82) is 0 Å². The Balaban J connectivity index is 2.01. The first-order valence-corrected chi connectivity index (χ1v) is 7.60. The van der Waals surface area contributed by atoms with Gasteiger partial charge in [0.25, 0.3) is 0 Å². The molecule has 1 saturated heterocycles. The summed E-state index contributed by atoms with van der Waals surface area (Å²) in [5.74, 6) is 1.89. The van der Waals surface area contributed by atoms with Gasteiger partial charge in [-0.15, -0.1) is 0 Å². The maximum Gasteiger partial charge on any atom is 0.132 e. The van der Waals surface area contributed by atoms with Crippen molar-refractivity contribution in [2.45, 2.75) is 39.5 Å². The van der Waals surface area contributed by atoms with E-state index >= 15 is 0 Å². The Labute approximate surface area is 116 Å². The molecule has 0 radical (unpaired) electrons. The molecule has 1 aliphatic heterocycles. The maximum absolute atomic E-state index is 4.46. The third-order valence-electron chi connectivity index (χ3n) is 3.86. The average molecular weight is 262 g/mol. The van der Waals surface area contributed by atoms with Gasteiger partial charge in [0, 0.05) is 24.8 Å². The number of hydrogen-bond donors (Lipinski definition) is 1. The number of aryl methyl sites for hydroxylation is 1. The maximum atomic E-state index is 4.46. The molecule has 1 aliphatic rings. The molecule has 19 heavy (non-hydrogen) atoms. The first-order chi connectivity index (χ1) is 9.33. The van der Waals surface area contributed by atoms with Crippen LogP contribution in [0.4, 0.5) is 5.82 Å². The predicted octanol–water partition coefficient (Wildman–Crippen LogP) is 2.25. The topological polar surface area (TPSA) is 41.0 Å². The van der Waals surface area contributed by atoms with Crippen LogP contribution < -0.4 is 10.2 Å². The molecule has 4 nitrogen and oxygen atoms in total. The highest BCUT2D eigenvalue weighted by molar-refractivity contribution is 5.38. The molecule has 1 aromatic rings. The Morgan fingerprint density at radius 3 is 2.74 bits per heavy atom. The Bertz CT molecular complexity index is 374. The van der Waals surface area contributed by atoms with E-state index in [2.05, 4.69) is 40.1 Å². The number of rotatable bonds is 6. The van der Waals surface area contributed by atoms with Crippen LogP contribution >= 0.6 is 0 Å². The number of hydrogen-bond acceptors (Lipinski definition) is 4. The molecule has 0 spiro atoms. The van der Waals surface area contributed by atoms with Crippen LogP contribution in [-0.2, 0) is 6.42 Å². The minimum Gasteiger partial charge on any atom is -0.357 e. The van der Waals surface area contributed by atoms with Crippen molar-refractivity contribution in [2.75, 3.05) is 31.1 Å². The molecule has 1 aromatic heterocycles. The summed E-state index contributed by atoms with van der Waals surface area (Å²) >= 11 is 0. The van der Waals surface area contributed by atoms with Crippen LogP contribution in [0.5, 0.6) is 0 Å². The standard InChI is InChI=1S/C15H26N4/c1-3-5-14-10-15(18-12-17-14)19(4-2)11-13-6-8-16-9-7-13/h10,12-13,16H,3-9,11H2,1-2H3. The van der Waals surface area contributed by atoms with E-state index in [-0.39, 0.29) is 0 Å². The van der Waals surface area contributed by atoms with Crippen LogP contribution in [0.1, 0.15) is 38.8 Å². The number of piperidine rings is 1. The first kappa shape index (κ1) is 14.3. The lowest BCUT2D eigenvalue weighted by atomic mass is 9.97. The molecule has 106 valence electrons. The van der Waals surface area contributed by atoms with Gasteiger partial charge in [0.2, 0.25) is 0 Å². The summed E-state index contributed by atoms with van der Waals surface area (Å²) in [5.41, 5.74) is 1.16. The zero-order valence-electron chi connectivity index (χ0n) is 12.2. The lowest BCUT2D eigenvalue weighted by Gasteiger charge is -2.30. The third-order valence-corrected chi connectivity index (χ3v) is 3.86. The highest BCUT2D eigenvalue weighted by Crippen LogP contribution is 2.18. The van der Waals surface area contributed by atoms with Gasteiger partial charge in [-0.25, -0.2) is 9.97 Å². The van der Waals surface area contributed by atoms with Gasteiger partial charge in [0.05, 0.1) is 0 Å². The molecule has 4 heteroatoms. The van der Waals surface area contributed by atoms with Crippen LogP contribution in [0.2, 0.25) is 0 Å². The van der Waals surface area contributed by atoms with E-state index in [9.17, 15) is 0 Å². The zero-order valence-corrected chi connectivity index (χ0v) is 12.2. The summed E-state index contributed by atoms with van der Waals surface area (Å²) in [6, 6.07) is 2.16. The van der Waals surface area contributed by atoms with Gasteiger partial charge >= 0.3 is 0 Å². The van der Waals surface area contributed by atoms with Crippen molar-refractivity contribution in [3.63, 3.8) is 0 Å². The van der Waals surface area contributed by atoms with Crippen LogP contribution in [0, 0.1) is 5.92 Å². The smallest absolute Gasteiger partial charge is 0.132 e. The molecule has 0 saturated carbocycles. The quantitative estimate of drug-likeness (QED) is 0.854. The second kappa shape index (κ2) is 7.43. The molecule has 0 aromatic carbocycles. The van der Waals surface area contributed by atoms with Crippen molar-refractivity contribution in [1.82, 2.24) is 15.3 Å². The summed E-state index contributed by atoms with van der Waals surface area (Å²) in [5, 5.41) is 3.43. The first-order valence-electron chi connectivity index (χ1n) is 7.60. The molecule has 2 heterocycles. The summed E-state index contributed by atoms with van der Waals surface area (Å²) in [7, 11) is 0. The highest BCUT2D eigenvalue weighted by atomic mass is 15.2. The predicted molar refractivity (Wildman–Crippen MR) is 79.5 cm³/mol. The summed E-state index contributed by atoms with van der Waals surface area (Å²) in [4.78, 5) is 11.2. The van der Waals surface area contributed by atoms with Gasteiger partial charge in [-0.3, -0.25) is 0 Å². The van der Waals surface area contributed by atoms with E-state index < -0.39 is 0 Å². The number of aromatic nitrogens is 2. The molecule has 0 bridgehead atoms. The van der Waals surface area contributed by atoms with Crippen LogP contribution in [0.25, 0.3) is 0 Å². The van der Waals surface area contributed by atoms with Crippen molar-refractivity contribution in [3.8, 4) is 0 Å². The normalized spacial score (nSPS) is 16.5. The van der Waals surface area contributed by atoms with E-state index in [0.717, 1.165) is 56.5 Å². The van der Waals surface area contributed by atoms with Gasteiger partial charge in [-0.05, 0) is 45.2 Å². The van der Waals surface area contributed by atoms with Crippen LogP contribution in [0.15, 0.2) is 12.4 Å². The fourth-order valence-electron chi connectivity index (χ4n) is 2.71. The zero-order chi connectivity index (χ0) is 13.5. The van der Waals surface area contributed by atoms with Gasteiger partial charge in [0.1, 0.15) is 12.1 Å². The van der Waals surface area contributed by atoms with Crippen LogP contribution in [0.3, 0.4) is 0 Å². The number of anilines is 1. The fourth-order valence-corrected chi connectivity index (χ4v) is 2.71. The molecule has 2 rings (SSSR count). The Hall–Kier alpha value is -1.16. The molecular formula is C15H26N4. The third kappa shape index (κ3) is 4.16. The lowest BCUT2D eigenvalue weighted by Crippen LogP contribution is -2.36. The van der Waals surface area contributed by atoms with E-state index in [1.165, 1.54) is 12.8 Å². The Morgan fingerprint density at radius 2 is 2.05 bits per heavy atom. The van der Waals surface area contributed by atoms with Crippen molar-refractivity contribution >= 4 is 5.82 Å². The van der Waals surface area contributed by atoms with Crippen molar-refractivity contribution in [3.05, 3.63) is 18.1 Å². The summed E-state index contributed by atoms with van der Waals surface area (Å²) in [6.45, 7) is 8.87. The average Bonchev–Trinajstić information content (AvgIpc) is 2.46. The highest BCUT2D eigenvalue weighted by Gasteiger charge is 2.17. The van der Waals surface area contributed by atoms with Gasteiger partial charge in [0.15, 0.2) is 0 Å². The van der Waals surface area contributed by atoms with Gasteiger partial charge in [-0.1, -0.05) is 13.3 Å². The monoisotopic (exact) mass is 262 g/mol. The molecule has 0 amide bonds. The van der Waals surface area contributed by atoms with Crippen LogP contribution in [-0.4, -0.2) is 36.1 Å². The Morgan fingerprint density at radius 1 is 1.26 bits per heavy atom. The lowest BCUT2D eigenvalue weighted by molar-refractivity contribution is 0.374. The Kier molecular flexibility index (Phi) is 5.58. The summed E-state index contributed by atoms with van der Waals surface area (Å²) < 4.78 is 0. The van der Waals surface area contributed by atoms with Gasteiger partial charge in [-0.2, -0.15) is 0 Å². The van der Waals surface area contributed by atoms with Crippen molar-refractivity contribution in [2.24, 2.45) is 5.92 Å². The molecule has 0 atom stereocenters. The van der Waals surface area contributed by atoms with Gasteiger partial charge < -0.3 is 10.2 Å². The fraction of sp³-hybridized carbons (Fsp3) is 0.733. The van der Waals surface area contributed by atoms with E-state index in [1.807, 2.05) is 0 Å². The largest absolute Gasteiger partial charge is 0.357 e. The molecule has 1 N–H and O–H groups in total. The number of nitrogens with zero attached hydrogens (tertiary/aromatic N) is 3. The molecule has 1 fully saturated rings. The van der Waals surface area contributed by atoms with E-state index in [1.54, 1.807) is 6.33 Å².